The number of rotatable bonds is 5. The van der Waals surface area contributed by atoms with Crippen molar-refractivity contribution in [2.45, 2.75) is 0 Å². The highest BCUT2D eigenvalue weighted by atomic mass is 79.9. The largest absolute Gasteiger partial charge is 0.493 e. The quantitative estimate of drug-likeness (QED) is 0.496. The maximum Gasteiger partial charge on any atom is 0.216 e. The molecule has 0 spiro atoms. The Morgan fingerprint density at radius 2 is 1.84 bits per heavy atom. The molecular weight excluding hydrogens is 404 g/mol. The van der Waals surface area contributed by atoms with Crippen molar-refractivity contribution in [3.05, 3.63) is 57.3 Å². The van der Waals surface area contributed by atoms with Gasteiger partial charge < -0.3 is 9.47 Å². The van der Waals surface area contributed by atoms with Crippen molar-refractivity contribution in [3.8, 4) is 22.9 Å². The molecule has 0 saturated carbocycles. The summed E-state index contributed by atoms with van der Waals surface area (Å²) >= 11 is 8.70. The van der Waals surface area contributed by atoms with Gasteiger partial charge in [-0.25, -0.2) is 5.10 Å². The summed E-state index contributed by atoms with van der Waals surface area (Å²) in [6.07, 6.45) is 1.69. The van der Waals surface area contributed by atoms with Crippen LogP contribution in [0.15, 0.2) is 52.0 Å². The van der Waals surface area contributed by atoms with E-state index in [2.05, 4.69) is 31.2 Å². The van der Waals surface area contributed by atoms with Crippen molar-refractivity contribution in [2.75, 3.05) is 14.2 Å². The van der Waals surface area contributed by atoms with Gasteiger partial charge in [0.05, 0.1) is 20.4 Å². The van der Waals surface area contributed by atoms with E-state index in [4.69, 9.17) is 21.7 Å². The molecule has 0 radical (unpaired) electrons. The van der Waals surface area contributed by atoms with Crippen LogP contribution in [-0.4, -0.2) is 35.3 Å². The number of aromatic nitrogens is 3. The van der Waals surface area contributed by atoms with Crippen LogP contribution in [-0.2, 0) is 0 Å². The molecule has 3 rings (SSSR count). The summed E-state index contributed by atoms with van der Waals surface area (Å²) in [6, 6.07) is 13.3. The normalized spacial score (nSPS) is 11.0. The predicted octanol–water partition coefficient (Wildman–Crippen LogP) is 4.27. The molecule has 0 saturated heterocycles. The van der Waals surface area contributed by atoms with Gasteiger partial charge in [0.2, 0.25) is 4.77 Å². The van der Waals surface area contributed by atoms with Crippen LogP contribution < -0.4 is 9.47 Å². The number of nitrogens with zero attached hydrogens (tertiary/aromatic N) is 3. The molecule has 0 bridgehead atoms. The lowest BCUT2D eigenvalue weighted by Gasteiger charge is -2.07. The average Bonchev–Trinajstić information content (AvgIpc) is 3.01. The second kappa shape index (κ2) is 7.62. The molecule has 1 N–H and O–H groups in total. The number of halogens is 1. The lowest BCUT2D eigenvalue weighted by atomic mass is 10.2. The number of nitrogens with one attached hydrogen (secondary N) is 1. The molecule has 3 aromatic rings. The Kier molecular flexibility index (Phi) is 5.30. The molecule has 0 fully saturated rings. The third-order valence-electron chi connectivity index (χ3n) is 3.48. The highest BCUT2D eigenvalue weighted by molar-refractivity contribution is 9.10. The monoisotopic (exact) mass is 418 g/mol. The van der Waals surface area contributed by atoms with E-state index in [9.17, 15) is 0 Å². The standard InChI is InChI=1S/C17H15BrN4O2S/c1-23-14-8-3-11(9-15(14)24-2)10-19-22-16(20-21-17(22)25)12-4-6-13(18)7-5-12/h3-10H,1-2H3,(H,21,25)/b19-10+. The number of hydrogen-bond donors (Lipinski definition) is 1. The van der Waals surface area contributed by atoms with Gasteiger partial charge in [-0.15, -0.1) is 0 Å². The number of H-pyrrole nitrogens is 1. The van der Waals surface area contributed by atoms with E-state index in [0.29, 0.717) is 22.1 Å². The van der Waals surface area contributed by atoms with Crippen LogP contribution in [0.5, 0.6) is 11.5 Å². The fourth-order valence-corrected chi connectivity index (χ4v) is 2.69. The number of aromatic amines is 1. The van der Waals surface area contributed by atoms with Gasteiger partial charge in [-0.05, 0) is 48.1 Å². The first-order chi connectivity index (χ1) is 12.1. The number of methoxy groups -OCH3 is 2. The average molecular weight is 419 g/mol. The summed E-state index contributed by atoms with van der Waals surface area (Å²) in [5, 5.41) is 11.5. The molecule has 0 atom stereocenters. The van der Waals surface area contributed by atoms with Gasteiger partial charge in [-0.3, -0.25) is 0 Å². The summed E-state index contributed by atoms with van der Waals surface area (Å²) in [7, 11) is 3.19. The third-order valence-corrected chi connectivity index (χ3v) is 4.28. The van der Waals surface area contributed by atoms with Crippen molar-refractivity contribution >= 4 is 34.4 Å². The van der Waals surface area contributed by atoms with E-state index in [0.717, 1.165) is 15.6 Å². The molecule has 8 heteroatoms. The van der Waals surface area contributed by atoms with Crippen LogP contribution in [0.2, 0.25) is 0 Å². The van der Waals surface area contributed by atoms with Gasteiger partial charge in [-0.1, -0.05) is 28.1 Å². The molecule has 2 aromatic carbocycles. The van der Waals surface area contributed by atoms with Gasteiger partial charge in [0, 0.05) is 10.0 Å². The van der Waals surface area contributed by atoms with E-state index in [-0.39, 0.29) is 0 Å². The molecule has 0 aliphatic carbocycles. The first kappa shape index (κ1) is 17.4. The molecule has 128 valence electrons. The minimum absolute atomic E-state index is 0.412. The Morgan fingerprint density at radius 1 is 1.12 bits per heavy atom. The van der Waals surface area contributed by atoms with Gasteiger partial charge in [0.1, 0.15) is 0 Å². The lowest BCUT2D eigenvalue weighted by molar-refractivity contribution is 0.355. The molecule has 25 heavy (non-hydrogen) atoms. The van der Waals surface area contributed by atoms with Crippen molar-refractivity contribution in [1.29, 1.82) is 0 Å². The Bertz CT molecular complexity index is 964. The summed E-state index contributed by atoms with van der Waals surface area (Å²) in [4.78, 5) is 0. The van der Waals surface area contributed by atoms with Gasteiger partial charge in [0.15, 0.2) is 17.3 Å². The summed E-state index contributed by atoms with van der Waals surface area (Å²) in [5.74, 6) is 1.93. The summed E-state index contributed by atoms with van der Waals surface area (Å²) in [5.41, 5.74) is 1.75. The van der Waals surface area contributed by atoms with Crippen LogP contribution >= 0.6 is 28.1 Å². The highest BCUT2D eigenvalue weighted by Crippen LogP contribution is 2.27. The molecule has 0 aliphatic heterocycles. The topological polar surface area (TPSA) is 64.4 Å². The SMILES string of the molecule is COc1ccc(/C=N/n2c(-c3ccc(Br)cc3)n[nH]c2=S)cc1OC. The van der Waals surface area contributed by atoms with Crippen molar-refractivity contribution in [1.82, 2.24) is 14.9 Å². The van der Waals surface area contributed by atoms with Crippen molar-refractivity contribution in [2.24, 2.45) is 5.10 Å². The maximum absolute atomic E-state index is 5.30. The molecule has 6 nitrogen and oxygen atoms in total. The van der Waals surface area contributed by atoms with Gasteiger partial charge in [0.25, 0.3) is 0 Å². The van der Waals surface area contributed by atoms with Crippen LogP contribution in [0, 0.1) is 4.77 Å². The van der Waals surface area contributed by atoms with Gasteiger partial charge in [-0.2, -0.15) is 14.9 Å². The fraction of sp³-hybridized carbons (Fsp3) is 0.118. The second-order valence-corrected chi connectivity index (χ2v) is 6.33. The molecule has 0 unspecified atom stereocenters. The zero-order valence-electron chi connectivity index (χ0n) is 13.6. The third kappa shape index (κ3) is 3.80. The first-order valence-corrected chi connectivity index (χ1v) is 8.52. The molecule has 1 heterocycles. The summed E-state index contributed by atoms with van der Waals surface area (Å²) in [6.45, 7) is 0. The predicted molar refractivity (Wildman–Crippen MR) is 103 cm³/mol. The maximum atomic E-state index is 5.30. The highest BCUT2D eigenvalue weighted by Gasteiger charge is 2.08. The van der Waals surface area contributed by atoms with Crippen LogP contribution in [0.3, 0.4) is 0 Å². The van der Waals surface area contributed by atoms with E-state index >= 15 is 0 Å². The fourth-order valence-electron chi connectivity index (χ4n) is 2.24. The van der Waals surface area contributed by atoms with Crippen LogP contribution in [0.4, 0.5) is 0 Å². The van der Waals surface area contributed by atoms with E-state index in [1.807, 2.05) is 42.5 Å². The Hall–Kier alpha value is -2.45. The van der Waals surface area contributed by atoms with Crippen LogP contribution in [0.25, 0.3) is 11.4 Å². The van der Waals surface area contributed by atoms with Gasteiger partial charge >= 0.3 is 0 Å². The first-order valence-electron chi connectivity index (χ1n) is 7.32. The lowest BCUT2D eigenvalue weighted by Crippen LogP contribution is -1.96. The number of hydrogen-bond acceptors (Lipinski definition) is 5. The molecule has 1 aromatic heterocycles. The summed E-state index contributed by atoms with van der Waals surface area (Å²) < 4.78 is 13.5. The van der Waals surface area contributed by atoms with Crippen molar-refractivity contribution < 1.29 is 9.47 Å². The Labute approximate surface area is 158 Å². The zero-order valence-corrected chi connectivity index (χ0v) is 16.0. The van der Waals surface area contributed by atoms with Crippen LogP contribution in [0.1, 0.15) is 5.56 Å². The molecule has 0 aliphatic rings. The molecule has 0 amide bonds. The number of ether oxygens (including phenoxy) is 2. The van der Waals surface area contributed by atoms with Crippen molar-refractivity contribution in [3.63, 3.8) is 0 Å². The Morgan fingerprint density at radius 3 is 2.52 bits per heavy atom. The zero-order chi connectivity index (χ0) is 17.8. The number of benzene rings is 2. The second-order valence-electron chi connectivity index (χ2n) is 5.03. The van der Waals surface area contributed by atoms with E-state index < -0.39 is 0 Å². The Balaban J connectivity index is 1.96. The minimum atomic E-state index is 0.412. The smallest absolute Gasteiger partial charge is 0.216 e. The van der Waals surface area contributed by atoms with E-state index in [1.54, 1.807) is 25.1 Å². The molecular formula is C17H15BrN4O2S. The minimum Gasteiger partial charge on any atom is -0.493 e. The van der Waals surface area contributed by atoms with E-state index in [1.165, 1.54) is 0 Å².